The Hall–Kier alpha value is -1.50. The van der Waals surface area contributed by atoms with E-state index in [1.165, 1.54) is 0 Å². The number of aliphatic carboxylic acids is 1. The van der Waals surface area contributed by atoms with Crippen LogP contribution in [-0.4, -0.2) is 23.0 Å². The Morgan fingerprint density at radius 3 is 2.29 bits per heavy atom. The summed E-state index contributed by atoms with van der Waals surface area (Å²) in [5.74, 6) is 0.670. The van der Waals surface area contributed by atoms with Crippen LogP contribution < -0.4 is 5.32 Å². The molecule has 0 heterocycles. The number of hydrogen-bond acceptors (Lipinski definition) is 2. The van der Waals surface area contributed by atoms with Crippen LogP contribution in [0, 0.1) is 17.8 Å². The zero-order valence-corrected chi connectivity index (χ0v) is 8.63. The van der Waals surface area contributed by atoms with Gasteiger partial charge in [0.1, 0.15) is 6.04 Å². The Bertz CT molecular complexity index is 270. The molecule has 1 amide bonds. The minimum absolute atomic E-state index is 0.0974. The molecule has 0 aliphatic heterocycles. The van der Waals surface area contributed by atoms with Crippen LogP contribution >= 0.6 is 0 Å². The predicted octanol–water partition coefficient (Wildman–Crippen LogP) is 0.625. The Morgan fingerprint density at radius 2 is 2.00 bits per heavy atom. The lowest BCUT2D eigenvalue weighted by Gasteiger charge is -2.27. The highest BCUT2D eigenvalue weighted by molar-refractivity contribution is 5.85. The van der Waals surface area contributed by atoms with E-state index in [2.05, 4.69) is 11.2 Å². The number of rotatable bonds is 3. The highest BCUT2D eigenvalue weighted by atomic mass is 16.4. The van der Waals surface area contributed by atoms with Crippen molar-refractivity contribution in [1.29, 1.82) is 0 Å². The summed E-state index contributed by atoms with van der Waals surface area (Å²) in [5, 5.41) is 11.2. The van der Waals surface area contributed by atoms with Crippen LogP contribution in [0.3, 0.4) is 0 Å². The number of carbonyl (C=O) groups is 2. The number of carboxylic acids is 1. The maximum absolute atomic E-state index is 11.1. The molecule has 4 nitrogen and oxygen atoms in total. The number of terminal acetylenes is 1. The van der Waals surface area contributed by atoms with E-state index in [4.69, 9.17) is 11.5 Å². The van der Waals surface area contributed by atoms with Crippen LogP contribution in [0.1, 0.15) is 27.2 Å². The van der Waals surface area contributed by atoms with Crippen molar-refractivity contribution in [2.75, 3.05) is 0 Å². The molecule has 0 radical (unpaired) electrons. The van der Waals surface area contributed by atoms with Crippen LogP contribution in [0.25, 0.3) is 0 Å². The third-order valence-electron chi connectivity index (χ3n) is 1.68. The monoisotopic (exact) mass is 197 g/mol. The van der Waals surface area contributed by atoms with Gasteiger partial charge in [0.25, 0.3) is 0 Å². The number of carboxylic acid groups (broad SMARTS) is 1. The van der Waals surface area contributed by atoms with Gasteiger partial charge in [0.15, 0.2) is 0 Å². The van der Waals surface area contributed by atoms with Gasteiger partial charge in [-0.3, -0.25) is 4.79 Å². The zero-order valence-electron chi connectivity index (χ0n) is 8.63. The van der Waals surface area contributed by atoms with E-state index in [1.54, 1.807) is 20.8 Å². The topological polar surface area (TPSA) is 66.4 Å². The fourth-order valence-electron chi connectivity index (χ4n) is 0.953. The maximum Gasteiger partial charge on any atom is 0.326 e. The first-order valence-corrected chi connectivity index (χ1v) is 4.24. The molecule has 0 aromatic carbocycles. The van der Waals surface area contributed by atoms with Gasteiger partial charge in [-0.1, -0.05) is 26.7 Å². The molecule has 0 aliphatic rings. The van der Waals surface area contributed by atoms with Crippen molar-refractivity contribution in [2.24, 2.45) is 5.41 Å². The van der Waals surface area contributed by atoms with Crippen molar-refractivity contribution < 1.29 is 14.7 Å². The van der Waals surface area contributed by atoms with Crippen LogP contribution in [-0.2, 0) is 9.59 Å². The molecule has 0 aromatic heterocycles. The van der Waals surface area contributed by atoms with Crippen LogP contribution in [0.15, 0.2) is 0 Å². The maximum atomic E-state index is 11.1. The van der Waals surface area contributed by atoms with Crippen molar-refractivity contribution >= 4 is 11.9 Å². The lowest BCUT2D eigenvalue weighted by molar-refractivity contribution is -0.144. The first-order valence-electron chi connectivity index (χ1n) is 4.24. The van der Waals surface area contributed by atoms with Crippen LogP contribution in [0.2, 0.25) is 0 Å². The molecule has 0 unspecified atom stereocenters. The number of carbonyl (C=O) groups excluding carboxylic acids is 1. The van der Waals surface area contributed by atoms with Gasteiger partial charge in [-0.05, 0) is 5.41 Å². The van der Waals surface area contributed by atoms with Crippen molar-refractivity contribution in [3.63, 3.8) is 0 Å². The van der Waals surface area contributed by atoms with Gasteiger partial charge >= 0.3 is 5.97 Å². The average Bonchev–Trinajstić information content (AvgIpc) is 1.98. The first kappa shape index (κ1) is 12.5. The summed E-state index contributed by atoms with van der Waals surface area (Å²) in [6.07, 6.45) is 4.83. The Labute approximate surface area is 83.7 Å². The summed E-state index contributed by atoms with van der Waals surface area (Å²) in [6.45, 7) is 5.21. The molecule has 4 heteroatoms. The van der Waals surface area contributed by atoms with Gasteiger partial charge in [0, 0.05) is 0 Å². The molecular formula is C10H15NO3. The molecule has 0 aromatic rings. The van der Waals surface area contributed by atoms with E-state index in [0.29, 0.717) is 0 Å². The minimum Gasteiger partial charge on any atom is -0.480 e. The van der Waals surface area contributed by atoms with Gasteiger partial charge < -0.3 is 10.4 Å². The lowest BCUT2D eigenvalue weighted by atomic mass is 9.87. The smallest absolute Gasteiger partial charge is 0.326 e. The van der Waals surface area contributed by atoms with E-state index < -0.39 is 23.3 Å². The SMILES string of the molecule is C#CCC(=O)N[C@@H](C(=O)O)C(C)(C)C. The minimum atomic E-state index is -1.05. The highest BCUT2D eigenvalue weighted by Gasteiger charge is 2.32. The molecule has 2 N–H and O–H groups in total. The van der Waals surface area contributed by atoms with Crippen LogP contribution in [0.5, 0.6) is 0 Å². The second kappa shape index (κ2) is 4.66. The van der Waals surface area contributed by atoms with E-state index in [9.17, 15) is 9.59 Å². The predicted molar refractivity (Wildman–Crippen MR) is 52.5 cm³/mol. The number of amides is 1. The van der Waals surface area contributed by atoms with Gasteiger partial charge in [0.2, 0.25) is 5.91 Å². The summed E-state index contributed by atoms with van der Waals surface area (Å²) < 4.78 is 0. The molecule has 14 heavy (non-hydrogen) atoms. The second-order valence-corrected chi connectivity index (χ2v) is 4.09. The molecule has 0 fully saturated rings. The Morgan fingerprint density at radius 1 is 1.50 bits per heavy atom. The molecule has 0 saturated heterocycles. The fourth-order valence-corrected chi connectivity index (χ4v) is 0.953. The third kappa shape index (κ3) is 3.94. The van der Waals surface area contributed by atoms with Gasteiger partial charge in [-0.2, -0.15) is 0 Å². The normalized spacial score (nSPS) is 12.7. The summed E-state index contributed by atoms with van der Waals surface area (Å²) in [5.41, 5.74) is -0.532. The van der Waals surface area contributed by atoms with E-state index in [-0.39, 0.29) is 6.42 Å². The average molecular weight is 197 g/mol. The number of nitrogens with one attached hydrogen (secondary N) is 1. The van der Waals surface area contributed by atoms with Crippen molar-refractivity contribution in [3.8, 4) is 12.3 Å². The Balaban J connectivity index is 4.49. The van der Waals surface area contributed by atoms with Gasteiger partial charge in [-0.15, -0.1) is 6.42 Å². The number of hydrogen-bond donors (Lipinski definition) is 2. The molecule has 78 valence electrons. The van der Waals surface area contributed by atoms with Gasteiger partial charge in [-0.25, -0.2) is 4.79 Å². The van der Waals surface area contributed by atoms with E-state index >= 15 is 0 Å². The largest absolute Gasteiger partial charge is 0.480 e. The molecule has 0 aliphatic carbocycles. The molecule has 0 rings (SSSR count). The molecule has 0 bridgehead atoms. The third-order valence-corrected chi connectivity index (χ3v) is 1.68. The van der Waals surface area contributed by atoms with E-state index in [1.807, 2.05) is 0 Å². The summed E-state index contributed by atoms with van der Waals surface area (Å²) >= 11 is 0. The van der Waals surface area contributed by atoms with Crippen molar-refractivity contribution in [1.82, 2.24) is 5.32 Å². The Kier molecular flexibility index (Phi) is 4.16. The summed E-state index contributed by atoms with van der Waals surface area (Å²) in [4.78, 5) is 21.9. The second-order valence-electron chi connectivity index (χ2n) is 4.09. The fraction of sp³-hybridized carbons (Fsp3) is 0.600. The van der Waals surface area contributed by atoms with Crippen LogP contribution in [0.4, 0.5) is 0 Å². The van der Waals surface area contributed by atoms with Crippen molar-refractivity contribution in [3.05, 3.63) is 0 Å². The molecule has 0 saturated carbocycles. The van der Waals surface area contributed by atoms with Crippen molar-refractivity contribution in [2.45, 2.75) is 33.2 Å². The lowest BCUT2D eigenvalue weighted by Crippen LogP contribution is -2.48. The summed E-state index contributed by atoms with van der Waals surface area (Å²) in [7, 11) is 0. The first-order chi connectivity index (χ1) is 6.29. The molecular weight excluding hydrogens is 182 g/mol. The standard InChI is InChI=1S/C10H15NO3/c1-5-6-7(12)11-8(9(13)14)10(2,3)4/h1,8H,6H2,2-4H3,(H,11,12)(H,13,14)/t8-/m0/s1. The summed E-state index contributed by atoms with van der Waals surface area (Å²) in [6, 6.07) is -0.914. The van der Waals surface area contributed by atoms with E-state index in [0.717, 1.165) is 0 Å². The zero-order chi connectivity index (χ0) is 11.4. The van der Waals surface area contributed by atoms with Gasteiger partial charge in [0.05, 0.1) is 6.42 Å². The molecule has 0 spiro atoms. The quantitative estimate of drug-likeness (QED) is 0.652. The molecule has 1 atom stereocenters. The highest BCUT2D eigenvalue weighted by Crippen LogP contribution is 2.19.